The summed E-state index contributed by atoms with van der Waals surface area (Å²) in [5.74, 6) is 0. The van der Waals surface area contributed by atoms with Gasteiger partial charge < -0.3 is 0 Å². The number of halogens is 4. The monoisotopic (exact) mass is 329 g/mol. The maximum atomic E-state index is 12.3. The Labute approximate surface area is 97.5 Å². The lowest BCUT2D eigenvalue weighted by atomic mass is 10.1. The highest BCUT2D eigenvalue weighted by molar-refractivity contribution is 14.1. The van der Waals surface area contributed by atoms with Gasteiger partial charge in [0.15, 0.2) is 0 Å². The molecule has 1 nitrogen and oxygen atoms in total. The molecule has 0 bridgehead atoms. The number of nitriles is 1. The minimum Gasteiger partial charge on any atom is -0.192 e. The summed E-state index contributed by atoms with van der Waals surface area (Å²) >= 11 is 5.50. The second kappa shape index (κ2) is 3.98. The molecular weight excluding hydrogens is 326 g/mol. The number of thiol groups is 1. The van der Waals surface area contributed by atoms with E-state index in [0.717, 1.165) is 6.07 Å². The molecule has 0 aliphatic carbocycles. The molecule has 14 heavy (non-hydrogen) atoms. The molecule has 0 atom stereocenters. The van der Waals surface area contributed by atoms with Crippen LogP contribution in [0.15, 0.2) is 17.0 Å². The molecule has 0 saturated carbocycles. The SMILES string of the molecule is N#Cc1c(I)ccc(C(F)(F)F)c1S. The Bertz CT molecular complexity index is 408. The Kier molecular flexibility index (Phi) is 3.32. The summed E-state index contributed by atoms with van der Waals surface area (Å²) in [5.41, 5.74) is -0.915. The van der Waals surface area contributed by atoms with Crippen LogP contribution in [0.25, 0.3) is 0 Å². The second-order valence-corrected chi connectivity index (χ2v) is 4.04. The zero-order chi connectivity index (χ0) is 10.9. The normalized spacial score (nSPS) is 11.1. The van der Waals surface area contributed by atoms with Crippen molar-refractivity contribution in [2.24, 2.45) is 0 Å². The van der Waals surface area contributed by atoms with Crippen molar-refractivity contribution in [1.82, 2.24) is 0 Å². The molecule has 0 fully saturated rings. The van der Waals surface area contributed by atoms with Gasteiger partial charge >= 0.3 is 6.18 Å². The molecule has 1 rings (SSSR count). The van der Waals surface area contributed by atoms with Gasteiger partial charge in [-0.25, -0.2) is 0 Å². The van der Waals surface area contributed by atoms with Crippen molar-refractivity contribution in [1.29, 1.82) is 5.26 Å². The van der Waals surface area contributed by atoms with E-state index in [4.69, 9.17) is 5.26 Å². The maximum absolute atomic E-state index is 12.3. The van der Waals surface area contributed by atoms with Crippen LogP contribution in [-0.4, -0.2) is 0 Å². The highest BCUT2D eigenvalue weighted by atomic mass is 127. The lowest BCUT2D eigenvalue weighted by Crippen LogP contribution is -2.07. The van der Waals surface area contributed by atoms with Crippen LogP contribution < -0.4 is 0 Å². The van der Waals surface area contributed by atoms with Crippen molar-refractivity contribution in [2.75, 3.05) is 0 Å². The Morgan fingerprint density at radius 2 is 1.93 bits per heavy atom. The first kappa shape index (κ1) is 11.7. The smallest absolute Gasteiger partial charge is 0.192 e. The van der Waals surface area contributed by atoms with Gasteiger partial charge in [0, 0.05) is 8.47 Å². The van der Waals surface area contributed by atoms with Crippen molar-refractivity contribution in [3.8, 4) is 6.07 Å². The fourth-order valence-corrected chi connectivity index (χ4v) is 2.06. The molecular formula is C8H3F3INS. The maximum Gasteiger partial charge on any atom is 0.417 e. The largest absolute Gasteiger partial charge is 0.417 e. The fraction of sp³-hybridized carbons (Fsp3) is 0.125. The van der Waals surface area contributed by atoms with Crippen molar-refractivity contribution < 1.29 is 13.2 Å². The summed E-state index contributed by atoms with van der Waals surface area (Å²) in [5, 5.41) is 8.62. The first-order chi connectivity index (χ1) is 6.38. The number of alkyl halides is 3. The van der Waals surface area contributed by atoms with Crippen LogP contribution in [0.5, 0.6) is 0 Å². The molecule has 0 unspecified atom stereocenters. The first-order valence-electron chi connectivity index (χ1n) is 3.36. The van der Waals surface area contributed by atoms with Crippen LogP contribution in [0.1, 0.15) is 11.1 Å². The third-order valence-electron chi connectivity index (χ3n) is 1.54. The summed E-state index contributed by atoms with van der Waals surface area (Å²) in [6.07, 6.45) is -4.47. The molecule has 6 heteroatoms. The lowest BCUT2D eigenvalue weighted by molar-refractivity contribution is -0.139. The lowest BCUT2D eigenvalue weighted by Gasteiger charge is -2.10. The molecule has 0 spiro atoms. The number of hydrogen-bond acceptors (Lipinski definition) is 2. The zero-order valence-electron chi connectivity index (χ0n) is 6.56. The molecule has 1 aromatic rings. The quantitative estimate of drug-likeness (QED) is 0.572. The minimum atomic E-state index is -4.47. The van der Waals surface area contributed by atoms with Gasteiger partial charge in [-0.05, 0) is 34.7 Å². The molecule has 0 aromatic heterocycles. The Morgan fingerprint density at radius 1 is 1.36 bits per heavy atom. The van der Waals surface area contributed by atoms with Gasteiger partial charge in [-0.2, -0.15) is 18.4 Å². The van der Waals surface area contributed by atoms with Crippen molar-refractivity contribution in [2.45, 2.75) is 11.1 Å². The molecule has 0 saturated heterocycles. The van der Waals surface area contributed by atoms with E-state index >= 15 is 0 Å². The number of rotatable bonds is 0. The second-order valence-electron chi connectivity index (χ2n) is 2.43. The average Bonchev–Trinajstić information content (AvgIpc) is 2.02. The van der Waals surface area contributed by atoms with Crippen molar-refractivity contribution >= 4 is 35.2 Å². The van der Waals surface area contributed by atoms with Crippen LogP contribution in [0.3, 0.4) is 0 Å². The summed E-state index contributed by atoms with van der Waals surface area (Å²) in [6.45, 7) is 0. The van der Waals surface area contributed by atoms with Gasteiger partial charge in [0.2, 0.25) is 0 Å². The minimum absolute atomic E-state index is 0.0382. The topological polar surface area (TPSA) is 23.8 Å². The summed E-state index contributed by atoms with van der Waals surface area (Å²) in [4.78, 5) is -0.313. The number of nitrogens with zero attached hydrogens (tertiary/aromatic N) is 1. The van der Waals surface area contributed by atoms with Gasteiger partial charge in [-0.3, -0.25) is 0 Å². The number of benzene rings is 1. The predicted octanol–water partition coefficient (Wildman–Crippen LogP) is 3.47. The molecule has 74 valence electrons. The Morgan fingerprint density at radius 3 is 2.36 bits per heavy atom. The molecule has 0 aliphatic rings. The van der Waals surface area contributed by atoms with Crippen molar-refractivity contribution in [3.05, 3.63) is 26.8 Å². The van der Waals surface area contributed by atoms with Crippen molar-refractivity contribution in [3.63, 3.8) is 0 Å². The van der Waals surface area contributed by atoms with Crippen LogP contribution in [0.2, 0.25) is 0 Å². The summed E-state index contributed by atoms with van der Waals surface area (Å²) in [7, 11) is 0. The molecule has 0 aliphatic heterocycles. The van der Waals surface area contributed by atoms with Crippen LogP contribution in [0.4, 0.5) is 13.2 Å². The van der Waals surface area contributed by atoms with E-state index in [1.54, 1.807) is 28.7 Å². The Hall–Kier alpha value is -0.420. The highest BCUT2D eigenvalue weighted by Gasteiger charge is 2.33. The standard InChI is InChI=1S/C8H3F3INS/c9-8(10,11)5-1-2-6(12)4(3-13)7(5)14/h1-2,14H. The Balaban J connectivity index is 3.46. The third-order valence-corrected chi connectivity index (χ3v) is 2.91. The van der Waals surface area contributed by atoms with E-state index in [1.807, 2.05) is 0 Å². The van der Waals surface area contributed by atoms with Crippen LogP contribution in [0, 0.1) is 14.9 Å². The van der Waals surface area contributed by atoms with E-state index in [1.165, 1.54) is 6.07 Å². The summed E-state index contributed by atoms with van der Waals surface area (Å²) in [6, 6.07) is 3.87. The molecule has 0 N–H and O–H groups in total. The molecule has 1 aromatic carbocycles. The van der Waals surface area contributed by atoms with Gasteiger partial charge in [0.05, 0.1) is 11.1 Å². The molecule has 0 amide bonds. The molecule has 0 radical (unpaired) electrons. The van der Waals surface area contributed by atoms with Gasteiger partial charge in [-0.1, -0.05) is 0 Å². The van der Waals surface area contributed by atoms with E-state index in [2.05, 4.69) is 12.6 Å². The van der Waals surface area contributed by atoms with E-state index in [-0.39, 0.29) is 10.5 Å². The third kappa shape index (κ3) is 2.15. The average molecular weight is 329 g/mol. The van der Waals surface area contributed by atoms with E-state index < -0.39 is 11.7 Å². The van der Waals surface area contributed by atoms with E-state index in [9.17, 15) is 13.2 Å². The predicted molar refractivity (Wildman–Crippen MR) is 56.1 cm³/mol. The van der Waals surface area contributed by atoms with Crippen LogP contribution in [-0.2, 0) is 6.18 Å². The van der Waals surface area contributed by atoms with Gasteiger partial charge in [-0.15, -0.1) is 12.6 Å². The highest BCUT2D eigenvalue weighted by Crippen LogP contribution is 2.36. The van der Waals surface area contributed by atoms with Crippen LogP contribution >= 0.6 is 35.2 Å². The first-order valence-corrected chi connectivity index (χ1v) is 4.89. The molecule has 0 heterocycles. The summed E-state index contributed by atoms with van der Waals surface area (Å²) < 4.78 is 37.5. The zero-order valence-corrected chi connectivity index (χ0v) is 9.61. The van der Waals surface area contributed by atoms with Gasteiger partial charge in [0.25, 0.3) is 0 Å². The van der Waals surface area contributed by atoms with Gasteiger partial charge in [0.1, 0.15) is 6.07 Å². The van der Waals surface area contributed by atoms with E-state index in [0.29, 0.717) is 3.57 Å². The fourth-order valence-electron chi connectivity index (χ4n) is 0.902. The number of hydrogen-bond donors (Lipinski definition) is 1.